The number of hydrogen-bond acceptors (Lipinski definition) is 3. The standard InChI is InChI=1S/C19H24N4O/c24-19(18-9-11-23(22-18)16-5-3-10-20-13-16)21-12-15-8-7-14-4-1-2-6-17(14)15/h1-2,4,6,9,11,15-16,20H,3,5,7-8,10,12-13H2,(H,21,24). The lowest BCUT2D eigenvalue weighted by molar-refractivity contribution is 0.0944. The van der Waals surface area contributed by atoms with Gasteiger partial charge in [-0.2, -0.15) is 5.10 Å². The molecule has 1 aromatic heterocycles. The highest BCUT2D eigenvalue weighted by molar-refractivity contribution is 5.92. The molecule has 4 rings (SSSR count). The number of aryl methyl sites for hydroxylation is 1. The molecule has 1 fully saturated rings. The fraction of sp³-hybridized carbons (Fsp3) is 0.474. The number of carbonyl (C=O) groups excluding carboxylic acids is 1. The number of nitrogens with zero attached hydrogens (tertiary/aromatic N) is 2. The molecule has 24 heavy (non-hydrogen) atoms. The van der Waals surface area contributed by atoms with E-state index in [-0.39, 0.29) is 5.91 Å². The Morgan fingerprint density at radius 1 is 1.29 bits per heavy atom. The molecule has 1 saturated heterocycles. The first-order valence-electron chi connectivity index (χ1n) is 8.93. The first kappa shape index (κ1) is 15.4. The van der Waals surface area contributed by atoms with Crippen LogP contribution in [-0.2, 0) is 6.42 Å². The van der Waals surface area contributed by atoms with Crippen LogP contribution in [0.1, 0.15) is 52.8 Å². The van der Waals surface area contributed by atoms with Crippen LogP contribution in [0.25, 0.3) is 0 Å². The van der Waals surface area contributed by atoms with Gasteiger partial charge in [-0.15, -0.1) is 0 Å². The number of carbonyl (C=O) groups is 1. The molecule has 2 heterocycles. The van der Waals surface area contributed by atoms with Gasteiger partial charge in [0.15, 0.2) is 0 Å². The third-order valence-corrected chi connectivity index (χ3v) is 5.25. The van der Waals surface area contributed by atoms with Crippen LogP contribution in [0.4, 0.5) is 0 Å². The lowest BCUT2D eigenvalue weighted by atomic mass is 10.0. The number of benzene rings is 1. The molecule has 2 N–H and O–H groups in total. The molecule has 0 spiro atoms. The number of rotatable bonds is 4. The smallest absolute Gasteiger partial charge is 0.271 e. The summed E-state index contributed by atoms with van der Waals surface area (Å²) in [5.41, 5.74) is 3.33. The highest BCUT2D eigenvalue weighted by Crippen LogP contribution is 2.32. The van der Waals surface area contributed by atoms with Crippen molar-refractivity contribution in [1.29, 1.82) is 0 Å². The lowest BCUT2D eigenvalue weighted by Gasteiger charge is -2.22. The summed E-state index contributed by atoms with van der Waals surface area (Å²) in [5, 5.41) is 10.9. The van der Waals surface area contributed by atoms with Crippen LogP contribution in [0.15, 0.2) is 36.5 Å². The van der Waals surface area contributed by atoms with Gasteiger partial charge >= 0.3 is 0 Å². The van der Waals surface area contributed by atoms with Crippen molar-refractivity contribution >= 4 is 5.91 Å². The Hall–Kier alpha value is -2.14. The summed E-state index contributed by atoms with van der Waals surface area (Å²) >= 11 is 0. The van der Waals surface area contributed by atoms with E-state index in [2.05, 4.69) is 40.0 Å². The second kappa shape index (κ2) is 6.77. The Bertz CT molecular complexity index is 718. The predicted molar refractivity (Wildman–Crippen MR) is 93.2 cm³/mol. The summed E-state index contributed by atoms with van der Waals surface area (Å²) < 4.78 is 1.94. The minimum Gasteiger partial charge on any atom is -0.350 e. The average molecular weight is 324 g/mol. The molecule has 2 atom stereocenters. The number of nitrogens with one attached hydrogen (secondary N) is 2. The highest BCUT2D eigenvalue weighted by Gasteiger charge is 2.23. The van der Waals surface area contributed by atoms with Crippen LogP contribution < -0.4 is 10.6 Å². The minimum absolute atomic E-state index is 0.0677. The Morgan fingerprint density at radius 3 is 3.08 bits per heavy atom. The van der Waals surface area contributed by atoms with Crippen LogP contribution >= 0.6 is 0 Å². The van der Waals surface area contributed by atoms with Crippen molar-refractivity contribution in [3.8, 4) is 0 Å². The maximum Gasteiger partial charge on any atom is 0.271 e. The zero-order valence-electron chi connectivity index (χ0n) is 13.9. The normalized spacial score (nSPS) is 23.0. The summed E-state index contributed by atoms with van der Waals surface area (Å²) in [7, 11) is 0. The molecular weight excluding hydrogens is 300 g/mol. The van der Waals surface area contributed by atoms with Crippen LogP contribution in [0, 0.1) is 0 Å². The zero-order chi connectivity index (χ0) is 16.4. The van der Waals surface area contributed by atoms with E-state index in [1.54, 1.807) is 0 Å². The molecule has 2 unspecified atom stereocenters. The first-order valence-corrected chi connectivity index (χ1v) is 8.93. The van der Waals surface area contributed by atoms with Gasteiger partial charge in [0.05, 0.1) is 6.04 Å². The summed E-state index contributed by atoms with van der Waals surface area (Å²) in [4.78, 5) is 12.4. The molecule has 1 amide bonds. The van der Waals surface area contributed by atoms with Crippen molar-refractivity contribution in [2.45, 2.75) is 37.6 Å². The molecular formula is C19H24N4O. The number of hydrogen-bond donors (Lipinski definition) is 2. The Morgan fingerprint density at radius 2 is 2.21 bits per heavy atom. The van der Waals surface area contributed by atoms with E-state index in [0.29, 0.717) is 24.2 Å². The number of aromatic nitrogens is 2. The molecule has 0 saturated carbocycles. The molecule has 0 radical (unpaired) electrons. The molecule has 2 aliphatic rings. The van der Waals surface area contributed by atoms with Crippen molar-refractivity contribution in [1.82, 2.24) is 20.4 Å². The predicted octanol–water partition coefficient (Wildman–Crippen LogP) is 2.27. The van der Waals surface area contributed by atoms with Gasteiger partial charge in [-0.05, 0) is 49.4 Å². The van der Waals surface area contributed by atoms with Gasteiger partial charge in [-0.1, -0.05) is 24.3 Å². The van der Waals surface area contributed by atoms with E-state index in [9.17, 15) is 4.79 Å². The molecule has 0 bridgehead atoms. The summed E-state index contributed by atoms with van der Waals surface area (Å²) in [5.74, 6) is 0.358. The number of amides is 1. The zero-order valence-corrected chi connectivity index (χ0v) is 13.9. The molecule has 5 nitrogen and oxygen atoms in total. The number of piperidine rings is 1. The van der Waals surface area contributed by atoms with Crippen molar-refractivity contribution in [3.63, 3.8) is 0 Å². The van der Waals surface area contributed by atoms with E-state index in [1.165, 1.54) is 11.1 Å². The van der Waals surface area contributed by atoms with Crippen LogP contribution in [0.3, 0.4) is 0 Å². The van der Waals surface area contributed by atoms with Gasteiger partial charge in [0.2, 0.25) is 0 Å². The van der Waals surface area contributed by atoms with E-state index in [1.807, 2.05) is 16.9 Å². The van der Waals surface area contributed by atoms with Gasteiger partial charge in [0, 0.05) is 25.2 Å². The van der Waals surface area contributed by atoms with E-state index < -0.39 is 0 Å². The second-order valence-corrected chi connectivity index (χ2v) is 6.83. The number of fused-ring (bicyclic) bond motifs is 1. The van der Waals surface area contributed by atoms with Gasteiger partial charge in [-0.25, -0.2) is 0 Å². The van der Waals surface area contributed by atoms with Gasteiger partial charge < -0.3 is 10.6 Å². The van der Waals surface area contributed by atoms with Gasteiger partial charge in [0.1, 0.15) is 5.69 Å². The molecule has 126 valence electrons. The maximum absolute atomic E-state index is 12.4. The van der Waals surface area contributed by atoms with Crippen LogP contribution in [0.5, 0.6) is 0 Å². The average Bonchev–Trinajstić information content (AvgIpc) is 3.28. The SMILES string of the molecule is O=C(NCC1CCc2ccccc21)c1ccn(C2CCCNC2)n1. The quantitative estimate of drug-likeness (QED) is 0.907. The fourth-order valence-corrected chi connectivity index (χ4v) is 3.89. The fourth-order valence-electron chi connectivity index (χ4n) is 3.89. The van der Waals surface area contributed by atoms with Crippen LogP contribution in [-0.4, -0.2) is 35.3 Å². The highest BCUT2D eigenvalue weighted by atomic mass is 16.1. The Kier molecular flexibility index (Phi) is 4.34. The van der Waals surface area contributed by atoms with E-state index in [4.69, 9.17) is 0 Å². The molecule has 1 aromatic carbocycles. The Balaban J connectivity index is 1.36. The van der Waals surface area contributed by atoms with Gasteiger partial charge in [-0.3, -0.25) is 9.48 Å². The largest absolute Gasteiger partial charge is 0.350 e. The molecule has 5 heteroatoms. The van der Waals surface area contributed by atoms with Crippen molar-refractivity contribution < 1.29 is 4.79 Å². The van der Waals surface area contributed by atoms with E-state index >= 15 is 0 Å². The first-order chi connectivity index (χ1) is 11.8. The maximum atomic E-state index is 12.4. The lowest BCUT2D eigenvalue weighted by Crippen LogP contribution is -2.32. The Labute approximate surface area is 142 Å². The van der Waals surface area contributed by atoms with Crippen molar-refractivity contribution in [2.75, 3.05) is 19.6 Å². The summed E-state index contributed by atoms with van der Waals surface area (Å²) in [6.45, 7) is 2.70. The summed E-state index contributed by atoms with van der Waals surface area (Å²) in [6.07, 6.45) is 6.43. The molecule has 2 aromatic rings. The topological polar surface area (TPSA) is 59.0 Å². The van der Waals surface area contributed by atoms with Gasteiger partial charge in [0.25, 0.3) is 5.91 Å². The van der Waals surface area contributed by atoms with Crippen LogP contribution in [0.2, 0.25) is 0 Å². The molecule has 1 aliphatic heterocycles. The van der Waals surface area contributed by atoms with Crippen molar-refractivity contribution in [2.24, 2.45) is 0 Å². The van der Waals surface area contributed by atoms with E-state index in [0.717, 1.165) is 38.8 Å². The van der Waals surface area contributed by atoms with Crippen molar-refractivity contribution in [3.05, 3.63) is 53.3 Å². The monoisotopic (exact) mass is 324 g/mol. The third kappa shape index (κ3) is 3.08. The third-order valence-electron chi connectivity index (χ3n) is 5.25. The second-order valence-electron chi connectivity index (χ2n) is 6.83. The summed E-state index contributed by atoms with van der Waals surface area (Å²) in [6, 6.07) is 10.7. The molecule has 1 aliphatic carbocycles. The minimum atomic E-state index is -0.0677.